The predicted octanol–water partition coefficient (Wildman–Crippen LogP) is 1.68. The van der Waals surface area contributed by atoms with Gasteiger partial charge in [-0.1, -0.05) is 30.4 Å². The van der Waals surface area contributed by atoms with E-state index in [0.29, 0.717) is 19.0 Å². The first-order valence-electron chi connectivity index (χ1n) is 10.7. The van der Waals surface area contributed by atoms with Gasteiger partial charge in [0.2, 0.25) is 11.8 Å². The minimum absolute atomic E-state index is 0.00549. The second-order valence-electron chi connectivity index (χ2n) is 8.36. The van der Waals surface area contributed by atoms with Crippen molar-refractivity contribution in [1.82, 2.24) is 20.5 Å². The van der Waals surface area contributed by atoms with Crippen molar-refractivity contribution in [3.63, 3.8) is 0 Å². The third kappa shape index (κ3) is 3.09. The Kier molecular flexibility index (Phi) is 4.81. The standard InChI is InChI=1S/C23H27N5O2/c1-24-23(25-9-8-16-13-27-18-5-3-2-4-17(16)18)26-10-11-28-21(29)19-14-6-7-15(12-14)20(19)22(28)30/h2-7,13-15,19-20,27H,8-12H2,1H3,(H2,24,25,26). The number of aromatic nitrogens is 1. The minimum atomic E-state index is -0.124. The number of H-pyrrole nitrogens is 1. The SMILES string of the molecule is CN=C(NCCc1c[nH]c2ccccc12)NCCN1C(=O)C2C3C=CC(C3)C2C1=O. The molecule has 7 heteroatoms. The molecule has 2 fully saturated rings. The molecule has 2 heterocycles. The molecule has 1 saturated heterocycles. The molecule has 5 rings (SSSR count). The van der Waals surface area contributed by atoms with Gasteiger partial charge in [0.25, 0.3) is 0 Å². The lowest BCUT2D eigenvalue weighted by atomic mass is 9.85. The van der Waals surface area contributed by atoms with Crippen molar-refractivity contribution in [2.45, 2.75) is 12.8 Å². The van der Waals surface area contributed by atoms with Crippen LogP contribution in [-0.4, -0.2) is 54.3 Å². The van der Waals surface area contributed by atoms with E-state index in [-0.39, 0.29) is 35.5 Å². The lowest BCUT2D eigenvalue weighted by Gasteiger charge is -2.18. The number of guanidine groups is 1. The summed E-state index contributed by atoms with van der Waals surface area (Å²) in [5.41, 5.74) is 2.40. The van der Waals surface area contributed by atoms with Crippen LogP contribution in [0.4, 0.5) is 0 Å². The molecular weight excluding hydrogens is 378 g/mol. The normalized spacial score (nSPS) is 27.4. The van der Waals surface area contributed by atoms with Crippen LogP contribution in [-0.2, 0) is 16.0 Å². The number of fused-ring (bicyclic) bond motifs is 6. The third-order valence-electron chi connectivity index (χ3n) is 6.77. The summed E-state index contributed by atoms with van der Waals surface area (Å²) in [6.07, 6.45) is 8.13. The highest BCUT2D eigenvalue weighted by Crippen LogP contribution is 2.52. The maximum atomic E-state index is 12.7. The number of aliphatic imine (C=N–C) groups is 1. The highest BCUT2D eigenvalue weighted by Gasteiger charge is 2.58. The van der Waals surface area contributed by atoms with E-state index in [1.54, 1.807) is 7.05 Å². The topological polar surface area (TPSA) is 89.6 Å². The van der Waals surface area contributed by atoms with Gasteiger partial charge < -0.3 is 15.6 Å². The summed E-state index contributed by atoms with van der Waals surface area (Å²) < 4.78 is 0. The van der Waals surface area contributed by atoms with Gasteiger partial charge in [-0.3, -0.25) is 19.5 Å². The molecule has 4 atom stereocenters. The Balaban J connectivity index is 1.10. The molecule has 156 valence electrons. The summed E-state index contributed by atoms with van der Waals surface area (Å²) in [4.78, 5) is 34.5. The maximum Gasteiger partial charge on any atom is 0.233 e. The number of carbonyl (C=O) groups is 2. The summed E-state index contributed by atoms with van der Waals surface area (Å²) in [6.45, 7) is 1.61. The zero-order valence-electron chi connectivity index (χ0n) is 17.1. The largest absolute Gasteiger partial charge is 0.361 e. The molecule has 1 aromatic carbocycles. The number of carbonyl (C=O) groups excluding carboxylic acids is 2. The van der Waals surface area contributed by atoms with E-state index in [4.69, 9.17) is 0 Å². The van der Waals surface area contributed by atoms with E-state index in [2.05, 4.69) is 44.9 Å². The average molecular weight is 406 g/mol. The van der Waals surface area contributed by atoms with Gasteiger partial charge in [0.1, 0.15) is 0 Å². The molecule has 1 saturated carbocycles. The Hall–Kier alpha value is -3.09. The van der Waals surface area contributed by atoms with Crippen molar-refractivity contribution in [2.75, 3.05) is 26.7 Å². The summed E-state index contributed by atoms with van der Waals surface area (Å²) in [5.74, 6) is 0.955. The van der Waals surface area contributed by atoms with Crippen LogP contribution in [0.25, 0.3) is 10.9 Å². The van der Waals surface area contributed by atoms with Gasteiger partial charge in [0, 0.05) is 43.8 Å². The van der Waals surface area contributed by atoms with E-state index in [1.165, 1.54) is 15.8 Å². The van der Waals surface area contributed by atoms with Crippen molar-refractivity contribution in [1.29, 1.82) is 0 Å². The second-order valence-corrected chi connectivity index (χ2v) is 8.36. The van der Waals surface area contributed by atoms with Gasteiger partial charge >= 0.3 is 0 Å². The molecule has 1 aromatic heterocycles. The van der Waals surface area contributed by atoms with Crippen molar-refractivity contribution >= 4 is 28.7 Å². The molecule has 2 aliphatic carbocycles. The molecule has 3 aliphatic rings. The highest BCUT2D eigenvalue weighted by atomic mass is 16.2. The van der Waals surface area contributed by atoms with E-state index < -0.39 is 0 Å². The zero-order valence-corrected chi connectivity index (χ0v) is 17.1. The second kappa shape index (κ2) is 7.63. The first-order valence-corrected chi connectivity index (χ1v) is 10.7. The number of nitrogens with zero attached hydrogens (tertiary/aromatic N) is 2. The van der Waals surface area contributed by atoms with Crippen LogP contribution >= 0.6 is 0 Å². The number of para-hydroxylation sites is 1. The fourth-order valence-corrected chi connectivity index (χ4v) is 5.35. The van der Waals surface area contributed by atoms with Crippen LogP contribution in [0.3, 0.4) is 0 Å². The summed E-state index contributed by atoms with van der Waals surface area (Å²) in [6, 6.07) is 8.26. The van der Waals surface area contributed by atoms with Gasteiger partial charge in [0.05, 0.1) is 11.8 Å². The van der Waals surface area contributed by atoms with Crippen molar-refractivity contribution in [2.24, 2.45) is 28.7 Å². The molecule has 2 bridgehead atoms. The monoisotopic (exact) mass is 405 g/mol. The van der Waals surface area contributed by atoms with Gasteiger partial charge in [-0.2, -0.15) is 0 Å². The van der Waals surface area contributed by atoms with Crippen molar-refractivity contribution in [3.05, 3.63) is 48.2 Å². The van der Waals surface area contributed by atoms with Crippen LogP contribution in [0.15, 0.2) is 47.6 Å². The number of hydrogen-bond acceptors (Lipinski definition) is 3. The number of likely N-dealkylation sites (tertiary alicyclic amines) is 1. The summed E-state index contributed by atoms with van der Waals surface area (Å²) in [7, 11) is 1.72. The number of allylic oxidation sites excluding steroid dienone is 2. The minimum Gasteiger partial charge on any atom is -0.361 e. The van der Waals surface area contributed by atoms with Gasteiger partial charge in [-0.15, -0.1) is 0 Å². The summed E-state index contributed by atoms with van der Waals surface area (Å²) in [5, 5.41) is 7.78. The Morgan fingerprint density at radius 2 is 1.80 bits per heavy atom. The predicted molar refractivity (Wildman–Crippen MR) is 116 cm³/mol. The zero-order chi connectivity index (χ0) is 20.7. The molecule has 30 heavy (non-hydrogen) atoms. The van der Waals surface area contributed by atoms with Crippen molar-refractivity contribution in [3.8, 4) is 0 Å². The number of nitrogens with one attached hydrogen (secondary N) is 3. The Morgan fingerprint density at radius 3 is 2.53 bits per heavy atom. The fourth-order valence-electron chi connectivity index (χ4n) is 5.35. The molecule has 2 amide bonds. The molecule has 0 spiro atoms. The lowest BCUT2D eigenvalue weighted by molar-refractivity contribution is -0.140. The smallest absolute Gasteiger partial charge is 0.233 e. The van der Waals surface area contributed by atoms with Gasteiger partial charge in [0.15, 0.2) is 5.96 Å². The number of rotatable bonds is 6. The van der Waals surface area contributed by atoms with Crippen LogP contribution in [0, 0.1) is 23.7 Å². The Morgan fingerprint density at radius 1 is 1.10 bits per heavy atom. The van der Waals surface area contributed by atoms with E-state index in [0.717, 1.165) is 24.9 Å². The van der Waals surface area contributed by atoms with Crippen LogP contribution in [0.5, 0.6) is 0 Å². The third-order valence-corrected chi connectivity index (χ3v) is 6.77. The molecule has 1 aliphatic heterocycles. The highest BCUT2D eigenvalue weighted by molar-refractivity contribution is 6.06. The van der Waals surface area contributed by atoms with Crippen LogP contribution in [0.1, 0.15) is 12.0 Å². The first-order chi connectivity index (χ1) is 14.7. The number of aromatic amines is 1. The van der Waals surface area contributed by atoms with Crippen LogP contribution < -0.4 is 10.6 Å². The van der Waals surface area contributed by atoms with E-state index in [1.807, 2.05) is 18.3 Å². The molecule has 2 aromatic rings. The van der Waals surface area contributed by atoms with Crippen LogP contribution in [0.2, 0.25) is 0 Å². The Labute approximate surface area is 175 Å². The molecule has 0 radical (unpaired) electrons. The van der Waals surface area contributed by atoms with Gasteiger partial charge in [-0.05, 0) is 36.3 Å². The lowest BCUT2D eigenvalue weighted by Crippen LogP contribution is -2.44. The van der Waals surface area contributed by atoms with Gasteiger partial charge in [-0.25, -0.2) is 0 Å². The molecule has 4 unspecified atom stereocenters. The maximum absolute atomic E-state index is 12.7. The average Bonchev–Trinajstić information content (AvgIpc) is 3.52. The van der Waals surface area contributed by atoms with E-state index >= 15 is 0 Å². The summed E-state index contributed by atoms with van der Waals surface area (Å²) >= 11 is 0. The Bertz CT molecular complexity index is 1010. The molecule has 7 nitrogen and oxygen atoms in total. The molecular formula is C23H27N5O2. The number of hydrogen-bond donors (Lipinski definition) is 3. The number of imide groups is 1. The number of benzene rings is 1. The first kappa shape index (κ1) is 18.9. The van der Waals surface area contributed by atoms with Crippen molar-refractivity contribution < 1.29 is 9.59 Å². The molecule has 3 N–H and O–H groups in total. The quantitative estimate of drug-likeness (QED) is 0.295. The fraction of sp³-hybridized carbons (Fsp3) is 0.435. The number of amides is 2. The van der Waals surface area contributed by atoms with E-state index in [9.17, 15) is 9.59 Å².